The molecule has 17 heavy (non-hydrogen) atoms. The minimum atomic E-state index is -0.154. The normalized spacial score (nSPS) is 10.5. The van der Waals surface area contributed by atoms with Crippen LogP contribution in [0.5, 0.6) is 0 Å². The molecular formula is C10H12ClN5O. The maximum absolute atomic E-state index is 11.8. The number of nitrogens with one attached hydrogen (secondary N) is 2. The van der Waals surface area contributed by atoms with Gasteiger partial charge in [-0.2, -0.15) is 5.10 Å². The van der Waals surface area contributed by atoms with Crippen molar-refractivity contribution in [2.45, 2.75) is 6.42 Å². The van der Waals surface area contributed by atoms with Crippen molar-refractivity contribution in [3.05, 3.63) is 35.1 Å². The third-order valence-electron chi connectivity index (χ3n) is 2.32. The molecule has 0 aliphatic rings. The first kappa shape index (κ1) is 11.7. The van der Waals surface area contributed by atoms with E-state index in [1.165, 1.54) is 6.33 Å². The summed E-state index contributed by atoms with van der Waals surface area (Å²) in [6.45, 7) is 0.497. The number of H-pyrrole nitrogens is 1. The van der Waals surface area contributed by atoms with Crippen LogP contribution < -0.4 is 5.32 Å². The maximum atomic E-state index is 11.8. The van der Waals surface area contributed by atoms with Crippen LogP contribution >= 0.6 is 11.6 Å². The van der Waals surface area contributed by atoms with Gasteiger partial charge in [-0.25, -0.2) is 4.98 Å². The van der Waals surface area contributed by atoms with E-state index < -0.39 is 0 Å². The predicted octanol–water partition coefficient (Wildman–Crippen LogP) is 0.769. The number of halogens is 1. The first-order valence-electron chi connectivity index (χ1n) is 5.11. The molecule has 0 unspecified atom stereocenters. The molecule has 0 aliphatic heterocycles. The van der Waals surface area contributed by atoms with Crippen LogP contribution in [0, 0.1) is 0 Å². The Labute approximate surface area is 103 Å². The average molecular weight is 254 g/mol. The van der Waals surface area contributed by atoms with Gasteiger partial charge in [0.15, 0.2) is 0 Å². The third kappa shape index (κ3) is 2.85. The molecule has 0 aromatic carbocycles. The van der Waals surface area contributed by atoms with E-state index in [-0.39, 0.29) is 5.91 Å². The number of rotatable bonds is 4. The van der Waals surface area contributed by atoms with Gasteiger partial charge in [-0.1, -0.05) is 11.6 Å². The minimum absolute atomic E-state index is 0.154. The van der Waals surface area contributed by atoms with Crippen molar-refractivity contribution < 1.29 is 4.79 Å². The second-order valence-electron chi connectivity index (χ2n) is 3.59. The Morgan fingerprint density at radius 1 is 1.65 bits per heavy atom. The fourth-order valence-electron chi connectivity index (χ4n) is 1.49. The topological polar surface area (TPSA) is 75.6 Å². The van der Waals surface area contributed by atoms with Gasteiger partial charge in [0.25, 0.3) is 5.91 Å². The molecule has 6 nitrogen and oxygen atoms in total. The highest BCUT2D eigenvalue weighted by molar-refractivity contribution is 6.31. The van der Waals surface area contributed by atoms with Crippen molar-refractivity contribution in [3.63, 3.8) is 0 Å². The summed E-state index contributed by atoms with van der Waals surface area (Å²) in [5.41, 5.74) is 0.535. The minimum Gasteiger partial charge on any atom is -0.350 e. The molecule has 0 atom stereocenters. The van der Waals surface area contributed by atoms with Gasteiger partial charge in [0, 0.05) is 26.2 Å². The van der Waals surface area contributed by atoms with E-state index >= 15 is 0 Å². The van der Waals surface area contributed by atoms with E-state index in [2.05, 4.69) is 20.5 Å². The maximum Gasteiger partial charge on any atom is 0.267 e. The van der Waals surface area contributed by atoms with Crippen LogP contribution in [-0.2, 0) is 13.5 Å². The molecule has 2 heterocycles. The first-order chi connectivity index (χ1) is 8.16. The summed E-state index contributed by atoms with van der Waals surface area (Å²) >= 11 is 5.80. The fourth-order valence-corrected chi connectivity index (χ4v) is 1.74. The summed E-state index contributed by atoms with van der Waals surface area (Å²) in [7, 11) is 1.78. The predicted molar refractivity (Wildman–Crippen MR) is 62.8 cm³/mol. The van der Waals surface area contributed by atoms with Crippen LogP contribution in [0.2, 0.25) is 5.02 Å². The van der Waals surface area contributed by atoms with E-state index in [0.717, 1.165) is 5.82 Å². The lowest BCUT2D eigenvalue weighted by atomic mass is 10.3. The average Bonchev–Trinajstić information content (AvgIpc) is 2.88. The lowest BCUT2D eigenvalue weighted by Gasteiger charge is -2.04. The SMILES string of the molecule is Cn1cc(Cl)cc1C(=O)NCCc1ncn[nH]1. The molecule has 1 amide bonds. The molecule has 0 fully saturated rings. The molecule has 2 aromatic heterocycles. The van der Waals surface area contributed by atoms with Gasteiger partial charge in [0.1, 0.15) is 17.8 Å². The van der Waals surface area contributed by atoms with Crippen LogP contribution in [0.3, 0.4) is 0 Å². The second-order valence-corrected chi connectivity index (χ2v) is 4.03. The molecule has 0 aliphatic carbocycles. The molecule has 90 valence electrons. The summed E-state index contributed by atoms with van der Waals surface area (Å²) < 4.78 is 1.69. The van der Waals surface area contributed by atoms with Crippen molar-refractivity contribution >= 4 is 17.5 Å². The molecule has 0 spiro atoms. The zero-order valence-corrected chi connectivity index (χ0v) is 10.0. The monoisotopic (exact) mass is 253 g/mol. The number of amides is 1. The Hall–Kier alpha value is -1.82. The summed E-state index contributed by atoms with van der Waals surface area (Å²) in [5, 5.41) is 9.79. The van der Waals surface area contributed by atoms with E-state index in [9.17, 15) is 4.79 Å². The van der Waals surface area contributed by atoms with Crippen molar-refractivity contribution in [1.82, 2.24) is 25.1 Å². The molecule has 0 bridgehead atoms. The van der Waals surface area contributed by atoms with Crippen molar-refractivity contribution in [2.75, 3.05) is 6.54 Å². The van der Waals surface area contributed by atoms with Crippen molar-refractivity contribution in [1.29, 1.82) is 0 Å². The number of carbonyl (C=O) groups excluding carboxylic acids is 1. The number of aromatic amines is 1. The van der Waals surface area contributed by atoms with Gasteiger partial charge >= 0.3 is 0 Å². The van der Waals surface area contributed by atoms with Crippen molar-refractivity contribution in [3.8, 4) is 0 Å². The molecule has 0 saturated carbocycles. The van der Waals surface area contributed by atoms with Crippen LogP contribution in [0.1, 0.15) is 16.3 Å². The van der Waals surface area contributed by atoms with Gasteiger partial charge in [0.2, 0.25) is 0 Å². The summed E-state index contributed by atoms with van der Waals surface area (Å²) in [6.07, 6.45) is 3.74. The van der Waals surface area contributed by atoms with Gasteiger partial charge in [-0.05, 0) is 6.07 Å². The standard InChI is InChI=1S/C10H12ClN5O/c1-16-5-7(11)4-8(16)10(17)12-3-2-9-13-6-14-15-9/h4-6H,2-3H2,1H3,(H,12,17)(H,13,14,15). The van der Waals surface area contributed by atoms with E-state index in [0.29, 0.717) is 23.7 Å². The zero-order chi connectivity index (χ0) is 12.3. The second kappa shape index (κ2) is 5.01. The van der Waals surface area contributed by atoms with Crippen LogP contribution in [0.25, 0.3) is 0 Å². The summed E-state index contributed by atoms with van der Waals surface area (Å²) in [5.74, 6) is 0.592. The Kier molecular flexibility index (Phi) is 3.43. The van der Waals surface area contributed by atoms with Crippen LogP contribution in [0.4, 0.5) is 0 Å². The van der Waals surface area contributed by atoms with E-state index in [1.807, 2.05) is 0 Å². The van der Waals surface area contributed by atoms with Crippen molar-refractivity contribution in [2.24, 2.45) is 7.05 Å². The number of carbonyl (C=O) groups is 1. The van der Waals surface area contributed by atoms with E-state index in [1.54, 1.807) is 23.9 Å². The smallest absolute Gasteiger partial charge is 0.267 e. The zero-order valence-electron chi connectivity index (χ0n) is 9.27. The Morgan fingerprint density at radius 2 is 2.47 bits per heavy atom. The Balaban J connectivity index is 1.87. The van der Waals surface area contributed by atoms with Gasteiger partial charge in [0.05, 0.1) is 5.02 Å². The summed E-state index contributed by atoms with van der Waals surface area (Å²) in [6, 6.07) is 1.63. The molecular weight excluding hydrogens is 242 g/mol. The number of nitrogens with zero attached hydrogens (tertiary/aromatic N) is 3. The lowest BCUT2D eigenvalue weighted by Crippen LogP contribution is -2.27. The number of aromatic nitrogens is 4. The quantitative estimate of drug-likeness (QED) is 0.845. The molecule has 0 saturated heterocycles. The van der Waals surface area contributed by atoms with Gasteiger partial charge < -0.3 is 9.88 Å². The molecule has 7 heteroatoms. The van der Waals surface area contributed by atoms with Gasteiger partial charge in [-0.3, -0.25) is 9.89 Å². The highest BCUT2D eigenvalue weighted by atomic mass is 35.5. The molecule has 0 radical (unpaired) electrons. The fraction of sp³-hybridized carbons (Fsp3) is 0.300. The highest BCUT2D eigenvalue weighted by Gasteiger charge is 2.10. The number of aryl methyl sites for hydroxylation is 1. The number of hydrogen-bond donors (Lipinski definition) is 2. The lowest BCUT2D eigenvalue weighted by molar-refractivity contribution is 0.0946. The largest absolute Gasteiger partial charge is 0.350 e. The molecule has 2 N–H and O–H groups in total. The van der Waals surface area contributed by atoms with E-state index in [4.69, 9.17) is 11.6 Å². The molecule has 2 aromatic rings. The third-order valence-corrected chi connectivity index (χ3v) is 2.52. The molecule has 2 rings (SSSR count). The number of hydrogen-bond acceptors (Lipinski definition) is 3. The highest BCUT2D eigenvalue weighted by Crippen LogP contribution is 2.12. The van der Waals surface area contributed by atoms with Gasteiger partial charge in [-0.15, -0.1) is 0 Å². The first-order valence-corrected chi connectivity index (χ1v) is 5.49. The Bertz CT molecular complexity index is 505. The van der Waals surface area contributed by atoms with Crippen LogP contribution in [-0.4, -0.2) is 32.2 Å². The summed E-state index contributed by atoms with van der Waals surface area (Å²) in [4.78, 5) is 15.7. The Morgan fingerprint density at radius 3 is 3.06 bits per heavy atom. The van der Waals surface area contributed by atoms with Crippen LogP contribution in [0.15, 0.2) is 18.6 Å².